The molecule has 2 atom stereocenters. The highest BCUT2D eigenvalue weighted by Crippen LogP contribution is 2.43. The normalized spacial score (nSPS) is 24.2. The average molecular weight is 412 g/mol. The van der Waals surface area contributed by atoms with Gasteiger partial charge in [0, 0.05) is 49.5 Å². The van der Waals surface area contributed by atoms with Crippen LogP contribution in [-0.4, -0.2) is 55.0 Å². The van der Waals surface area contributed by atoms with Crippen LogP contribution in [0.4, 0.5) is 0 Å². The molecule has 0 unspecified atom stereocenters. The van der Waals surface area contributed by atoms with Crippen LogP contribution in [0.3, 0.4) is 0 Å². The van der Waals surface area contributed by atoms with Crippen LogP contribution in [0.25, 0.3) is 0 Å². The fourth-order valence-corrected chi connectivity index (χ4v) is 5.08. The summed E-state index contributed by atoms with van der Waals surface area (Å²) in [5.41, 5.74) is 0.980. The van der Waals surface area contributed by atoms with Crippen LogP contribution >= 0.6 is 0 Å². The Hall–Kier alpha value is -2.75. The van der Waals surface area contributed by atoms with E-state index in [1.54, 1.807) is 12.0 Å². The molecule has 0 radical (unpaired) electrons. The SMILES string of the molecule is COc1ccc2c(c1)OC[C@@H]1CN(CCC#N)C(=O)CCN(C(=O)C3CCCC3)[C@H]21. The van der Waals surface area contributed by atoms with E-state index in [0.29, 0.717) is 39.1 Å². The van der Waals surface area contributed by atoms with E-state index >= 15 is 0 Å². The molecule has 1 aliphatic carbocycles. The van der Waals surface area contributed by atoms with Gasteiger partial charge in [-0.25, -0.2) is 0 Å². The Kier molecular flexibility index (Phi) is 6.12. The maximum Gasteiger partial charge on any atom is 0.226 e. The molecular weight excluding hydrogens is 382 g/mol. The number of nitriles is 1. The highest BCUT2D eigenvalue weighted by molar-refractivity contribution is 5.82. The van der Waals surface area contributed by atoms with Crippen molar-refractivity contribution in [3.63, 3.8) is 0 Å². The quantitative estimate of drug-likeness (QED) is 0.761. The van der Waals surface area contributed by atoms with Gasteiger partial charge < -0.3 is 19.3 Å². The molecular formula is C23H29N3O4. The molecule has 4 rings (SSSR count). The minimum absolute atomic E-state index is 0.00782. The van der Waals surface area contributed by atoms with Gasteiger partial charge in [0.05, 0.1) is 32.2 Å². The van der Waals surface area contributed by atoms with Crippen LogP contribution in [-0.2, 0) is 9.59 Å². The van der Waals surface area contributed by atoms with Crippen molar-refractivity contribution in [2.75, 3.05) is 33.4 Å². The summed E-state index contributed by atoms with van der Waals surface area (Å²) in [6, 6.07) is 7.77. The topological polar surface area (TPSA) is 82.9 Å². The van der Waals surface area contributed by atoms with Gasteiger partial charge in [-0.3, -0.25) is 9.59 Å². The Labute approximate surface area is 177 Å². The number of rotatable bonds is 4. The summed E-state index contributed by atoms with van der Waals surface area (Å²) in [6.07, 6.45) is 4.65. The van der Waals surface area contributed by atoms with E-state index in [9.17, 15) is 9.59 Å². The minimum Gasteiger partial charge on any atom is -0.497 e. The lowest BCUT2D eigenvalue weighted by Gasteiger charge is -2.45. The third-order valence-electron chi connectivity index (χ3n) is 6.63. The molecule has 0 N–H and O–H groups in total. The van der Waals surface area contributed by atoms with Gasteiger partial charge in [0.2, 0.25) is 11.8 Å². The first-order chi connectivity index (χ1) is 14.6. The van der Waals surface area contributed by atoms with Crippen molar-refractivity contribution in [3.8, 4) is 17.6 Å². The van der Waals surface area contributed by atoms with Crippen LogP contribution in [0.15, 0.2) is 18.2 Å². The molecule has 1 aromatic carbocycles. The van der Waals surface area contributed by atoms with Gasteiger partial charge in [-0.2, -0.15) is 5.26 Å². The van der Waals surface area contributed by atoms with Crippen LogP contribution in [0.1, 0.15) is 50.1 Å². The van der Waals surface area contributed by atoms with E-state index in [1.807, 2.05) is 23.1 Å². The Morgan fingerprint density at radius 3 is 2.87 bits per heavy atom. The van der Waals surface area contributed by atoms with Crippen molar-refractivity contribution in [1.29, 1.82) is 5.26 Å². The molecule has 2 fully saturated rings. The maximum atomic E-state index is 13.5. The summed E-state index contributed by atoms with van der Waals surface area (Å²) in [5.74, 6) is 1.67. The fourth-order valence-electron chi connectivity index (χ4n) is 5.08. The Balaban J connectivity index is 1.69. The first-order valence-corrected chi connectivity index (χ1v) is 10.9. The molecule has 1 saturated carbocycles. The van der Waals surface area contributed by atoms with E-state index in [4.69, 9.17) is 14.7 Å². The van der Waals surface area contributed by atoms with E-state index in [1.165, 1.54) is 0 Å². The zero-order valence-electron chi connectivity index (χ0n) is 17.5. The predicted molar refractivity (Wildman–Crippen MR) is 110 cm³/mol. The van der Waals surface area contributed by atoms with E-state index in [-0.39, 0.29) is 29.7 Å². The monoisotopic (exact) mass is 411 g/mol. The van der Waals surface area contributed by atoms with Crippen molar-refractivity contribution in [2.45, 2.75) is 44.6 Å². The lowest BCUT2D eigenvalue weighted by Crippen LogP contribution is -2.52. The van der Waals surface area contributed by atoms with E-state index in [2.05, 4.69) is 6.07 Å². The number of methoxy groups -OCH3 is 1. The lowest BCUT2D eigenvalue weighted by molar-refractivity contribution is -0.145. The number of amides is 2. The summed E-state index contributed by atoms with van der Waals surface area (Å²) >= 11 is 0. The zero-order chi connectivity index (χ0) is 21.1. The van der Waals surface area contributed by atoms with E-state index < -0.39 is 0 Å². The third-order valence-corrected chi connectivity index (χ3v) is 6.63. The highest BCUT2D eigenvalue weighted by atomic mass is 16.5. The molecule has 160 valence electrons. The van der Waals surface area contributed by atoms with Crippen LogP contribution in [0.2, 0.25) is 0 Å². The second-order valence-electron chi connectivity index (χ2n) is 8.43. The molecule has 0 aromatic heterocycles. The first-order valence-electron chi connectivity index (χ1n) is 10.9. The van der Waals surface area contributed by atoms with Crippen molar-refractivity contribution < 1.29 is 19.1 Å². The molecule has 1 saturated heterocycles. The van der Waals surface area contributed by atoms with Crippen molar-refractivity contribution in [2.24, 2.45) is 11.8 Å². The van der Waals surface area contributed by atoms with Crippen molar-refractivity contribution >= 4 is 11.8 Å². The van der Waals surface area contributed by atoms with Gasteiger partial charge in [-0.15, -0.1) is 0 Å². The molecule has 3 aliphatic rings. The van der Waals surface area contributed by atoms with Crippen molar-refractivity contribution in [3.05, 3.63) is 23.8 Å². The number of fused-ring (bicyclic) bond motifs is 3. The molecule has 7 heteroatoms. The standard InChI is InChI=1S/C23H29N3O4/c1-29-18-7-8-19-20(13-18)30-15-17-14-25(11-4-10-24)21(27)9-12-26(22(17)19)23(28)16-5-2-3-6-16/h7-8,13,16-17,22H,2-6,9,11-12,14-15H2,1H3/t17-,22-/m0/s1. The van der Waals surface area contributed by atoms with Crippen LogP contribution < -0.4 is 9.47 Å². The maximum absolute atomic E-state index is 13.5. The Morgan fingerprint density at radius 1 is 1.33 bits per heavy atom. The molecule has 7 nitrogen and oxygen atoms in total. The molecule has 30 heavy (non-hydrogen) atoms. The number of ether oxygens (including phenoxy) is 2. The Bertz CT molecular complexity index is 843. The molecule has 0 bridgehead atoms. The van der Waals surface area contributed by atoms with Crippen molar-refractivity contribution in [1.82, 2.24) is 9.80 Å². The smallest absolute Gasteiger partial charge is 0.226 e. The van der Waals surface area contributed by atoms with Crippen LogP contribution in [0, 0.1) is 23.2 Å². The number of carbonyl (C=O) groups excluding carboxylic acids is 2. The van der Waals surface area contributed by atoms with Crippen LogP contribution in [0.5, 0.6) is 11.5 Å². The molecule has 2 heterocycles. The molecule has 1 aromatic rings. The number of nitrogens with zero attached hydrogens (tertiary/aromatic N) is 3. The summed E-state index contributed by atoms with van der Waals surface area (Å²) in [6.45, 7) is 1.75. The molecule has 2 aliphatic heterocycles. The number of hydrogen-bond donors (Lipinski definition) is 0. The number of carbonyl (C=O) groups is 2. The van der Waals surface area contributed by atoms with Gasteiger partial charge in [-0.05, 0) is 25.0 Å². The fraction of sp³-hybridized carbons (Fsp3) is 0.609. The Morgan fingerprint density at radius 2 is 2.13 bits per heavy atom. The first kappa shape index (κ1) is 20.5. The lowest BCUT2D eigenvalue weighted by atomic mass is 9.86. The second-order valence-corrected chi connectivity index (χ2v) is 8.43. The summed E-state index contributed by atoms with van der Waals surface area (Å²) in [4.78, 5) is 30.0. The number of benzene rings is 1. The summed E-state index contributed by atoms with van der Waals surface area (Å²) in [5, 5.41) is 8.98. The highest BCUT2D eigenvalue weighted by Gasteiger charge is 2.42. The zero-order valence-corrected chi connectivity index (χ0v) is 17.5. The van der Waals surface area contributed by atoms with Gasteiger partial charge >= 0.3 is 0 Å². The van der Waals surface area contributed by atoms with E-state index in [0.717, 1.165) is 42.7 Å². The number of hydrogen-bond acceptors (Lipinski definition) is 5. The predicted octanol–water partition coefficient (Wildman–Crippen LogP) is 2.91. The van der Waals surface area contributed by atoms with Gasteiger partial charge in [0.1, 0.15) is 11.5 Å². The second kappa shape index (κ2) is 8.95. The molecule has 0 spiro atoms. The van der Waals surface area contributed by atoms with Gasteiger partial charge in [0.15, 0.2) is 0 Å². The van der Waals surface area contributed by atoms with Gasteiger partial charge in [0.25, 0.3) is 0 Å². The third kappa shape index (κ3) is 3.96. The largest absolute Gasteiger partial charge is 0.497 e. The van der Waals surface area contributed by atoms with Gasteiger partial charge in [-0.1, -0.05) is 12.8 Å². The summed E-state index contributed by atoms with van der Waals surface area (Å²) < 4.78 is 11.4. The minimum atomic E-state index is -0.134. The summed E-state index contributed by atoms with van der Waals surface area (Å²) in [7, 11) is 1.62. The molecule has 2 amide bonds. The average Bonchev–Trinajstić information content (AvgIpc) is 3.30.